The SMILES string of the molecule is Nc1ccc(NC(=O)c2c(F)cccc2Cl)cn1. The van der Waals surface area contributed by atoms with Crippen LogP contribution >= 0.6 is 11.6 Å². The number of amides is 1. The van der Waals surface area contributed by atoms with Gasteiger partial charge < -0.3 is 11.1 Å². The summed E-state index contributed by atoms with van der Waals surface area (Å²) in [7, 11) is 0. The number of hydrogen-bond donors (Lipinski definition) is 2. The van der Waals surface area contributed by atoms with Crippen LogP contribution in [0.15, 0.2) is 36.5 Å². The van der Waals surface area contributed by atoms with Crippen molar-refractivity contribution in [3.8, 4) is 0 Å². The quantitative estimate of drug-likeness (QED) is 0.877. The standard InChI is InChI=1S/C12H9ClFN3O/c13-8-2-1-3-9(14)11(8)12(18)17-7-4-5-10(15)16-6-7/h1-6H,(H2,15,16)(H,17,18). The fraction of sp³-hybridized carbons (Fsp3) is 0. The number of pyridine rings is 1. The molecule has 92 valence electrons. The minimum atomic E-state index is -0.677. The molecular weight excluding hydrogens is 257 g/mol. The Hall–Kier alpha value is -2.14. The van der Waals surface area contributed by atoms with Crippen molar-refractivity contribution in [2.45, 2.75) is 0 Å². The lowest BCUT2D eigenvalue weighted by Crippen LogP contribution is -2.14. The fourth-order valence-corrected chi connectivity index (χ4v) is 1.64. The maximum atomic E-state index is 13.5. The number of carbonyl (C=O) groups excluding carboxylic acids is 1. The Labute approximate surface area is 108 Å². The first-order chi connectivity index (χ1) is 8.58. The zero-order valence-corrected chi connectivity index (χ0v) is 9.91. The maximum absolute atomic E-state index is 13.5. The molecule has 0 atom stereocenters. The lowest BCUT2D eigenvalue weighted by Gasteiger charge is -2.07. The van der Waals surface area contributed by atoms with Crippen molar-refractivity contribution in [3.63, 3.8) is 0 Å². The summed E-state index contributed by atoms with van der Waals surface area (Å²) in [6.07, 6.45) is 1.38. The van der Waals surface area contributed by atoms with E-state index >= 15 is 0 Å². The molecule has 0 bridgehead atoms. The van der Waals surface area contributed by atoms with E-state index in [0.717, 1.165) is 0 Å². The van der Waals surface area contributed by atoms with Crippen LogP contribution in [0.1, 0.15) is 10.4 Å². The molecule has 0 aliphatic rings. The maximum Gasteiger partial charge on any atom is 0.260 e. The molecule has 0 aliphatic carbocycles. The Morgan fingerprint density at radius 1 is 1.33 bits per heavy atom. The highest BCUT2D eigenvalue weighted by Crippen LogP contribution is 2.20. The van der Waals surface area contributed by atoms with Gasteiger partial charge in [0.05, 0.1) is 22.5 Å². The van der Waals surface area contributed by atoms with Gasteiger partial charge in [0.15, 0.2) is 0 Å². The lowest BCUT2D eigenvalue weighted by atomic mass is 10.2. The van der Waals surface area contributed by atoms with Crippen LogP contribution in [0.2, 0.25) is 5.02 Å². The van der Waals surface area contributed by atoms with E-state index in [1.807, 2.05) is 0 Å². The van der Waals surface area contributed by atoms with Gasteiger partial charge in [0.1, 0.15) is 11.6 Å². The van der Waals surface area contributed by atoms with E-state index in [0.29, 0.717) is 11.5 Å². The van der Waals surface area contributed by atoms with E-state index < -0.39 is 11.7 Å². The molecule has 2 aromatic rings. The third-order valence-electron chi connectivity index (χ3n) is 2.23. The van der Waals surface area contributed by atoms with E-state index in [4.69, 9.17) is 17.3 Å². The van der Waals surface area contributed by atoms with Gasteiger partial charge in [0, 0.05) is 0 Å². The van der Waals surface area contributed by atoms with E-state index in [-0.39, 0.29) is 10.6 Å². The summed E-state index contributed by atoms with van der Waals surface area (Å²) in [6, 6.07) is 7.13. The van der Waals surface area contributed by atoms with Crippen molar-refractivity contribution >= 4 is 29.0 Å². The zero-order valence-electron chi connectivity index (χ0n) is 9.15. The molecule has 6 heteroatoms. The van der Waals surface area contributed by atoms with Crippen LogP contribution in [0.25, 0.3) is 0 Å². The fourth-order valence-electron chi connectivity index (χ4n) is 1.39. The van der Waals surface area contributed by atoms with Gasteiger partial charge in [-0.15, -0.1) is 0 Å². The monoisotopic (exact) mass is 265 g/mol. The Bertz CT molecular complexity index is 566. The Kier molecular flexibility index (Phi) is 3.43. The third-order valence-corrected chi connectivity index (χ3v) is 2.55. The van der Waals surface area contributed by atoms with Gasteiger partial charge in [-0.25, -0.2) is 9.37 Å². The smallest absolute Gasteiger partial charge is 0.260 e. The summed E-state index contributed by atoms with van der Waals surface area (Å²) in [6.45, 7) is 0. The molecule has 0 fully saturated rings. The predicted octanol–water partition coefficient (Wildman–Crippen LogP) is 2.71. The third kappa shape index (κ3) is 2.57. The molecule has 1 heterocycles. The first-order valence-electron chi connectivity index (χ1n) is 5.05. The van der Waals surface area contributed by atoms with Crippen molar-refractivity contribution in [1.82, 2.24) is 4.98 Å². The van der Waals surface area contributed by atoms with Crippen LogP contribution in [0.3, 0.4) is 0 Å². The first kappa shape index (κ1) is 12.3. The highest BCUT2D eigenvalue weighted by Gasteiger charge is 2.15. The van der Waals surface area contributed by atoms with Crippen LogP contribution < -0.4 is 11.1 Å². The summed E-state index contributed by atoms with van der Waals surface area (Å²) < 4.78 is 13.5. The minimum absolute atomic E-state index is 0.0518. The molecule has 0 saturated carbocycles. The van der Waals surface area contributed by atoms with E-state index in [1.54, 1.807) is 6.07 Å². The Morgan fingerprint density at radius 2 is 2.11 bits per heavy atom. The van der Waals surface area contributed by atoms with Gasteiger partial charge in [-0.05, 0) is 24.3 Å². The largest absolute Gasteiger partial charge is 0.384 e. The number of hydrogen-bond acceptors (Lipinski definition) is 3. The summed E-state index contributed by atoms with van der Waals surface area (Å²) in [4.78, 5) is 15.7. The summed E-state index contributed by atoms with van der Waals surface area (Å²) >= 11 is 5.78. The molecule has 0 saturated heterocycles. The number of halogens is 2. The number of nitrogens with zero attached hydrogens (tertiary/aromatic N) is 1. The topological polar surface area (TPSA) is 68.0 Å². The molecular formula is C12H9ClFN3O. The van der Waals surface area contributed by atoms with Gasteiger partial charge in [0.25, 0.3) is 5.91 Å². The van der Waals surface area contributed by atoms with E-state index in [9.17, 15) is 9.18 Å². The van der Waals surface area contributed by atoms with E-state index in [2.05, 4.69) is 10.3 Å². The molecule has 0 radical (unpaired) electrons. The van der Waals surface area contributed by atoms with Crippen LogP contribution in [-0.2, 0) is 0 Å². The van der Waals surface area contributed by atoms with Crippen LogP contribution in [-0.4, -0.2) is 10.9 Å². The van der Waals surface area contributed by atoms with Crippen LogP contribution in [0, 0.1) is 5.82 Å². The molecule has 18 heavy (non-hydrogen) atoms. The molecule has 4 nitrogen and oxygen atoms in total. The second kappa shape index (κ2) is 5.01. The molecule has 1 aromatic carbocycles. The predicted molar refractivity (Wildman–Crippen MR) is 68.0 cm³/mol. The van der Waals surface area contributed by atoms with Gasteiger partial charge in [-0.2, -0.15) is 0 Å². The van der Waals surface area contributed by atoms with Crippen molar-refractivity contribution < 1.29 is 9.18 Å². The second-order valence-electron chi connectivity index (χ2n) is 3.52. The highest BCUT2D eigenvalue weighted by atomic mass is 35.5. The molecule has 3 N–H and O–H groups in total. The average molecular weight is 266 g/mol. The van der Waals surface area contributed by atoms with Crippen LogP contribution in [0.5, 0.6) is 0 Å². The Morgan fingerprint density at radius 3 is 2.72 bits per heavy atom. The van der Waals surface area contributed by atoms with Gasteiger partial charge in [0.2, 0.25) is 0 Å². The number of rotatable bonds is 2. The average Bonchev–Trinajstić information content (AvgIpc) is 2.32. The van der Waals surface area contributed by atoms with Crippen molar-refractivity contribution in [1.29, 1.82) is 0 Å². The Balaban J connectivity index is 2.25. The zero-order chi connectivity index (χ0) is 13.1. The van der Waals surface area contributed by atoms with Gasteiger partial charge in [-0.3, -0.25) is 4.79 Å². The highest BCUT2D eigenvalue weighted by molar-refractivity contribution is 6.34. The van der Waals surface area contributed by atoms with Gasteiger partial charge in [-0.1, -0.05) is 17.7 Å². The molecule has 0 unspecified atom stereocenters. The number of benzene rings is 1. The van der Waals surface area contributed by atoms with Crippen molar-refractivity contribution in [2.75, 3.05) is 11.1 Å². The number of carbonyl (C=O) groups is 1. The normalized spacial score (nSPS) is 10.1. The molecule has 0 spiro atoms. The van der Waals surface area contributed by atoms with Gasteiger partial charge >= 0.3 is 0 Å². The minimum Gasteiger partial charge on any atom is -0.384 e. The lowest BCUT2D eigenvalue weighted by molar-refractivity contribution is 0.102. The summed E-state index contributed by atoms with van der Waals surface area (Å²) in [5.41, 5.74) is 5.62. The number of nitrogen functional groups attached to an aromatic ring is 1. The van der Waals surface area contributed by atoms with Crippen LogP contribution in [0.4, 0.5) is 15.9 Å². The molecule has 0 aliphatic heterocycles. The first-order valence-corrected chi connectivity index (χ1v) is 5.42. The number of nitrogens with two attached hydrogens (primary N) is 1. The number of aromatic nitrogens is 1. The second-order valence-corrected chi connectivity index (χ2v) is 3.93. The van der Waals surface area contributed by atoms with Crippen molar-refractivity contribution in [2.24, 2.45) is 0 Å². The molecule has 1 aromatic heterocycles. The van der Waals surface area contributed by atoms with E-state index in [1.165, 1.54) is 30.5 Å². The number of anilines is 2. The molecule has 1 amide bonds. The van der Waals surface area contributed by atoms with Crippen molar-refractivity contribution in [3.05, 3.63) is 52.9 Å². The number of nitrogens with one attached hydrogen (secondary N) is 1. The summed E-state index contributed by atoms with van der Waals surface area (Å²) in [5, 5.41) is 2.54. The molecule has 2 rings (SSSR count). The summed E-state index contributed by atoms with van der Waals surface area (Å²) in [5.74, 6) is -0.981.